The van der Waals surface area contributed by atoms with E-state index in [0.29, 0.717) is 5.69 Å². The second-order valence-corrected chi connectivity index (χ2v) is 5.02. The molecule has 102 valence electrons. The summed E-state index contributed by atoms with van der Waals surface area (Å²) in [5.41, 5.74) is 1.66. The van der Waals surface area contributed by atoms with Gasteiger partial charge in [0.25, 0.3) is 0 Å². The number of benzene rings is 1. The molecule has 3 amide bonds. The molecule has 6 nitrogen and oxygen atoms in total. The first-order valence-electron chi connectivity index (χ1n) is 5.47. The number of hydrogen-bond acceptors (Lipinski definition) is 3. The maximum absolute atomic E-state index is 11.5. The summed E-state index contributed by atoms with van der Waals surface area (Å²) in [5.74, 6) is -1.70. The topological polar surface area (TPSA) is 95.5 Å². The third kappa shape index (κ3) is 5.69. The normalized spacial score (nSPS) is 9.79. The highest BCUT2D eigenvalue weighted by Crippen LogP contribution is 2.16. The highest BCUT2D eigenvalue weighted by molar-refractivity contribution is 14.1. The van der Waals surface area contributed by atoms with Crippen LogP contribution in [0.15, 0.2) is 18.2 Å². The standard InChI is InChI=1S/C12H13IN2O4/c1-7-2-3-8(6-9(7)13)14-12(19)15-10(16)4-5-11(17)18/h2-3,6H,4-5H2,1H3,(H,17,18)(H2,14,15,16,19). The molecule has 0 saturated heterocycles. The van der Waals surface area contributed by atoms with Gasteiger partial charge in [-0.2, -0.15) is 0 Å². The summed E-state index contributed by atoms with van der Waals surface area (Å²) in [7, 11) is 0. The van der Waals surface area contributed by atoms with Gasteiger partial charge in [-0.05, 0) is 47.2 Å². The van der Waals surface area contributed by atoms with Gasteiger partial charge in [0, 0.05) is 15.7 Å². The predicted octanol–water partition coefficient (Wildman–Crippen LogP) is 2.11. The first-order valence-corrected chi connectivity index (χ1v) is 6.55. The van der Waals surface area contributed by atoms with Crippen LogP contribution in [0.4, 0.5) is 10.5 Å². The number of amides is 3. The molecule has 0 spiro atoms. The maximum Gasteiger partial charge on any atom is 0.325 e. The monoisotopic (exact) mass is 376 g/mol. The molecule has 0 aromatic heterocycles. The molecule has 7 heteroatoms. The molecule has 3 N–H and O–H groups in total. The van der Waals surface area contributed by atoms with Crippen molar-refractivity contribution in [2.75, 3.05) is 5.32 Å². The molecule has 0 saturated carbocycles. The van der Waals surface area contributed by atoms with Gasteiger partial charge in [-0.1, -0.05) is 6.07 Å². The first kappa shape index (κ1) is 15.4. The van der Waals surface area contributed by atoms with Crippen molar-refractivity contribution in [3.05, 3.63) is 27.3 Å². The Morgan fingerprint density at radius 1 is 1.26 bits per heavy atom. The van der Waals surface area contributed by atoms with Crippen LogP contribution in [-0.4, -0.2) is 23.0 Å². The number of carboxylic acids is 1. The molecule has 0 bridgehead atoms. The van der Waals surface area contributed by atoms with E-state index >= 15 is 0 Å². The molecule has 0 unspecified atom stereocenters. The minimum absolute atomic E-state index is 0.228. The van der Waals surface area contributed by atoms with Gasteiger partial charge >= 0.3 is 12.0 Å². The summed E-state index contributed by atoms with van der Waals surface area (Å²) < 4.78 is 0.993. The molecular weight excluding hydrogens is 363 g/mol. The highest BCUT2D eigenvalue weighted by atomic mass is 127. The lowest BCUT2D eigenvalue weighted by molar-refractivity contribution is -0.138. The van der Waals surface area contributed by atoms with Crippen LogP contribution in [0.3, 0.4) is 0 Å². The third-order valence-electron chi connectivity index (χ3n) is 2.25. The van der Waals surface area contributed by atoms with E-state index in [2.05, 4.69) is 33.2 Å². The van der Waals surface area contributed by atoms with Gasteiger partial charge in [-0.3, -0.25) is 14.9 Å². The smallest absolute Gasteiger partial charge is 0.325 e. The van der Waals surface area contributed by atoms with E-state index in [1.165, 1.54) is 0 Å². The molecule has 0 heterocycles. The number of halogens is 1. The molecule has 1 aromatic carbocycles. The largest absolute Gasteiger partial charge is 0.481 e. The van der Waals surface area contributed by atoms with Gasteiger partial charge in [0.1, 0.15) is 0 Å². The second kappa shape index (κ2) is 7.07. The summed E-state index contributed by atoms with van der Waals surface area (Å²) in [6, 6.07) is 4.68. The van der Waals surface area contributed by atoms with Crippen molar-refractivity contribution in [2.24, 2.45) is 0 Å². The van der Waals surface area contributed by atoms with Crippen molar-refractivity contribution < 1.29 is 19.5 Å². The zero-order chi connectivity index (χ0) is 14.4. The number of carbonyl (C=O) groups excluding carboxylic acids is 2. The summed E-state index contributed by atoms with van der Waals surface area (Å²) in [6.07, 6.45) is -0.532. The van der Waals surface area contributed by atoms with E-state index in [0.717, 1.165) is 9.13 Å². The minimum atomic E-state index is -1.08. The van der Waals surface area contributed by atoms with Gasteiger partial charge < -0.3 is 10.4 Å². The van der Waals surface area contributed by atoms with Crippen LogP contribution in [0.25, 0.3) is 0 Å². The quantitative estimate of drug-likeness (QED) is 0.702. The van der Waals surface area contributed by atoms with Crippen molar-refractivity contribution in [1.82, 2.24) is 5.32 Å². The van der Waals surface area contributed by atoms with Crippen LogP contribution in [0.1, 0.15) is 18.4 Å². The van der Waals surface area contributed by atoms with Crippen LogP contribution in [0, 0.1) is 10.5 Å². The number of carboxylic acid groups (broad SMARTS) is 1. The van der Waals surface area contributed by atoms with Gasteiger partial charge in [0.05, 0.1) is 6.42 Å². The summed E-state index contributed by atoms with van der Waals surface area (Å²) in [5, 5.41) is 13.0. The van der Waals surface area contributed by atoms with E-state index < -0.39 is 17.9 Å². The number of rotatable bonds is 4. The minimum Gasteiger partial charge on any atom is -0.481 e. The Morgan fingerprint density at radius 3 is 2.53 bits per heavy atom. The molecular formula is C12H13IN2O4. The van der Waals surface area contributed by atoms with E-state index in [1.807, 2.05) is 13.0 Å². The zero-order valence-electron chi connectivity index (χ0n) is 10.2. The second-order valence-electron chi connectivity index (χ2n) is 3.86. The fourth-order valence-corrected chi connectivity index (χ4v) is 1.76. The number of imide groups is 1. The lowest BCUT2D eigenvalue weighted by Gasteiger charge is -2.07. The first-order chi connectivity index (χ1) is 8.88. The lowest BCUT2D eigenvalue weighted by Crippen LogP contribution is -2.34. The summed E-state index contributed by atoms with van der Waals surface area (Å²) in [4.78, 5) is 33.0. The Kier molecular flexibility index (Phi) is 5.74. The van der Waals surface area contributed by atoms with E-state index in [9.17, 15) is 14.4 Å². The average Bonchev–Trinajstić information content (AvgIpc) is 2.31. The van der Waals surface area contributed by atoms with Crippen LogP contribution in [-0.2, 0) is 9.59 Å². The zero-order valence-corrected chi connectivity index (χ0v) is 12.4. The Morgan fingerprint density at radius 2 is 1.95 bits per heavy atom. The number of nitrogens with one attached hydrogen (secondary N) is 2. The molecule has 0 aliphatic carbocycles. The number of hydrogen-bond donors (Lipinski definition) is 3. The summed E-state index contributed by atoms with van der Waals surface area (Å²) in [6.45, 7) is 1.95. The van der Waals surface area contributed by atoms with Gasteiger partial charge in [-0.25, -0.2) is 4.79 Å². The molecule has 1 aromatic rings. The molecule has 0 radical (unpaired) electrons. The fourth-order valence-electron chi connectivity index (χ4n) is 1.24. The molecule has 19 heavy (non-hydrogen) atoms. The maximum atomic E-state index is 11.5. The van der Waals surface area contributed by atoms with Crippen molar-refractivity contribution in [2.45, 2.75) is 19.8 Å². The Balaban J connectivity index is 2.48. The number of aliphatic carboxylic acids is 1. The molecule has 0 atom stereocenters. The average molecular weight is 376 g/mol. The van der Waals surface area contributed by atoms with E-state index in [4.69, 9.17) is 5.11 Å². The number of aryl methyl sites for hydroxylation is 1. The SMILES string of the molecule is Cc1ccc(NC(=O)NC(=O)CCC(=O)O)cc1I. The van der Waals surface area contributed by atoms with Crippen molar-refractivity contribution in [1.29, 1.82) is 0 Å². The van der Waals surface area contributed by atoms with Crippen LogP contribution < -0.4 is 10.6 Å². The highest BCUT2D eigenvalue weighted by Gasteiger charge is 2.10. The van der Waals surface area contributed by atoms with Crippen molar-refractivity contribution in [3.63, 3.8) is 0 Å². The van der Waals surface area contributed by atoms with Gasteiger partial charge in [0.15, 0.2) is 0 Å². The Bertz CT molecular complexity index is 516. The molecule has 0 fully saturated rings. The fraction of sp³-hybridized carbons (Fsp3) is 0.250. The van der Waals surface area contributed by atoms with E-state index in [-0.39, 0.29) is 12.8 Å². The Hall–Kier alpha value is -1.64. The van der Waals surface area contributed by atoms with Gasteiger partial charge in [-0.15, -0.1) is 0 Å². The molecule has 0 aliphatic rings. The number of anilines is 1. The van der Waals surface area contributed by atoms with Crippen LogP contribution >= 0.6 is 22.6 Å². The lowest BCUT2D eigenvalue weighted by atomic mass is 10.2. The van der Waals surface area contributed by atoms with Crippen molar-refractivity contribution >= 4 is 46.2 Å². The van der Waals surface area contributed by atoms with Crippen LogP contribution in [0.5, 0.6) is 0 Å². The third-order valence-corrected chi connectivity index (χ3v) is 3.41. The molecule has 1 rings (SSSR count). The van der Waals surface area contributed by atoms with E-state index in [1.54, 1.807) is 12.1 Å². The summed E-state index contributed by atoms with van der Waals surface area (Å²) >= 11 is 2.14. The number of carbonyl (C=O) groups is 3. The van der Waals surface area contributed by atoms with Gasteiger partial charge in [0.2, 0.25) is 5.91 Å². The Labute approximate surface area is 123 Å². The molecule has 0 aliphatic heterocycles. The predicted molar refractivity (Wildman–Crippen MR) is 77.9 cm³/mol. The van der Waals surface area contributed by atoms with Crippen LogP contribution in [0.2, 0.25) is 0 Å². The van der Waals surface area contributed by atoms with Crippen molar-refractivity contribution in [3.8, 4) is 0 Å². The number of urea groups is 1.